The van der Waals surface area contributed by atoms with Crippen LogP contribution in [0.5, 0.6) is 0 Å². The molecule has 11 heterocycles. The Morgan fingerprint density at radius 2 is 0.575 bits per heavy atom. The summed E-state index contributed by atoms with van der Waals surface area (Å²) >= 11 is 0. The van der Waals surface area contributed by atoms with Crippen LogP contribution in [0.4, 0.5) is 114 Å². The Labute approximate surface area is 778 Å². The molecular formula is C113H95N17O4. The van der Waals surface area contributed by atoms with Gasteiger partial charge in [0, 0.05) is 120 Å². The van der Waals surface area contributed by atoms with E-state index < -0.39 is 0 Å². The number of pyridine rings is 2. The second-order valence-electron chi connectivity index (χ2n) is 34.8. The van der Waals surface area contributed by atoms with Crippen molar-refractivity contribution in [3.63, 3.8) is 0 Å². The van der Waals surface area contributed by atoms with Crippen LogP contribution in [-0.4, -0.2) is 76.0 Å². The van der Waals surface area contributed by atoms with Crippen molar-refractivity contribution < 1.29 is 17.7 Å². The molecule has 0 N–H and O–H groups in total. The number of hydrogen-bond acceptors (Lipinski definition) is 16. The van der Waals surface area contributed by atoms with E-state index in [0.717, 1.165) is 173 Å². The minimum Gasteiger partial charge on any atom is -0.456 e. The topological polar surface area (TPSA) is 133 Å². The number of nitrogens with zero attached hydrogens (tertiary/aromatic N) is 17. The highest BCUT2D eigenvalue weighted by molar-refractivity contribution is 6.14. The van der Waals surface area contributed by atoms with Gasteiger partial charge < -0.3 is 66.7 Å². The number of rotatable bonds is 6. The lowest BCUT2D eigenvalue weighted by Gasteiger charge is -2.31. The lowest BCUT2D eigenvalue weighted by atomic mass is 9.99. The first kappa shape index (κ1) is 84.9. The van der Waals surface area contributed by atoms with E-state index in [0.29, 0.717) is 39.9 Å². The number of anilines is 15. The van der Waals surface area contributed by atoms with Crippen molar-refractivity contribution >= 4 is 202 Å². The molecule has 0 radical (unpaired) electrons. The molecule has 19 aromatic rings. The first-order valence-electron chi connectivity index (χ1n) is 44.7. The molecule has 21 heteroatoms. The van der Waals surface area contributed by atoms with Crippen LogP contribution in [0.1, 0.15) is 62.4 Å². The van der Waals surface area contributed by atoms with E-state index in [1.165, 1.54) is 27.9 Å². The molecule has 0 fully saturated rings. The van der Waals surface area contributed by atoms with E-state index in [4.69, 9.17) is 50.5 Å². The Kier molecular flexibility index (Phi) is 21.4. The summed E-state index contributed by atoms with van der Waals surface area (Å²) in [6.07, 6.45) is 3.99. The molecule has 0 unspecified atom stereocenters. The minimum atomic E-state index is 0.0633. The summed E-state index contributed by atoms with van der Waals surface area (Å²) in [5.41, 5.74) is 33.5. The van der Waals surface area contributed by atoms with Gasteiger partial charge in [0.05, 0.1) is 107 Å². The molecule has 21 nitrogen and oxygen atoms in total. The first-order valence-corrected chi connectivity index (χ1v) is 44.7. The minimum absolute atomic E-state index is 0.0633. The maximum absolute atomic E-state index is 7.66. The van der Waals surface area contributed by atoms with E-state index in [9.17, 15) is 0 Å². The summed E-state index contributed by atoms with van der Waals surface area (Å²) in [5.74, 6) is 0. The highest BCUT2D eigenvalue weighted by Gasteiger charge is 2.42. The summed E-state index contributed by atoms with van der Waals surface area (Å²) in [5, 5.41) is 8.63. The fourth-order valence-corrected chi connectivity index (χ4v) is 20.3. The van der Waals surface area contributed by atoms with E-state index >= 15 is 0 Å². The third-order valence-electron chi connectivity index (χ3n) is 27.5. The molecule has 0 bridgehead atoms. The molecule has 0 amide bonds. The van der Waals surface area contributed by atoms with Gasteiger partial charge in [-0.25, -0.2) is 34.2 Å². The molecule has 0 aliphatic carbocycles. The molecule has 13 aromatic carbocycles. The zero-order valence-electron chi connectivity index (χ0n) is 77.1. The van der Waals surface area contributed by atoms with E-state index in [-0.39, 0.29) is 30.8 Å². The van der Waals surface area contributed by atoms with Crippen LogP contribution >= 0.6 is 0 Å². The van der Waals surface area contributed by atoms with Crippen molar-refractivity contribution in [3.8, 4) is 11.1 Å². The molecule has 5 aliphatic heterocycles. The maximum atomic E-state index is 7.66. The smallest absolute Gasteiger partial charge is 0.227 e. The highest BCUT2D eigenvalue weighted by atomic mass is 16.3. The Hall–Kier alpha value is -17.2. The second-order valence-corrected chi connectivity index (χ2v) is 34.8. The molecular weight excluding hydrogens is 1660 g/mol. The van der Waals surface area contributed by atoms with Crippen LogP contribution in [-0.2, 0) is 0 Å². The predicted octanol–water partition coefficient (Wildman–Crippen LogP) is 30.5. The molecule has 6 aromatic heterocycles. The molecule has 5 atom stereocenters. The third kappa shape index (κ3) is 13.6. The number of hydrogen-bond donors (Lipinski definition) is 0. The summed E-state index contributed by atoms with van der Waals surface area (Å²) in [6, 6.07) is 87.7. The Bertz CT molecular complexity index is 7820. The van der Waals surface area contributed by atoms with Crippen molar-refractivity contribution in [2.24, 2.45) is 0 Å². The van der Waals surface area contributed by atoms with Crippen LogP contribution < -0.4 is 49.0 Å². The van der Waals surface area contributed by atoms with Crippen LogP contribution in [0, 0.1) is 67.5 Å². The fourth-order valence-electron chi connectivity index (χ4n) is 20.3. The van der Waals surface area contributed by atoms with E-state index in [1.807, 2.05) is 127 Å². The number of furan rings is 4. The number of fused-ring (bicyclic) bond motifs is 17. The zero-order chi connectivity index (χ0) is 93.1. The standard InChI is InChI=1S/2C23H19N3O.C23H21N3.2C22H18N4O/c1-14-12-17-16-8-5-6-11-21(16)27-22(17)13-20(14)26-15(2)25(4)19-10-7-9-18(24-3)23(19)26;1-14-12-13-17-16-8-5-6-11-20(16)27-23(17)21(14)26-15(2)25(4)19-10-7-9-18(24-3)22(19)26;1-16-10-8-13-19(18-11-6-5-7-12-18)22(16)26-17(2)25(4)21-15-9-14-20(24-3)23(21)26;1-13-10-11-15-16-7-6-12-24-22(16)27-21(15)19(13)26-14(2)25(4)18-9-5-8-17(23-3)20(18)26;1-13-11-16-15-7-6-10-24-22(15)27-20(16)12-19(13)26-14(2)25(4)18-9-5-8-17(23-3)21(18)26/h2*5-13,15H,1-2,4H3;5-15,17H,1-2,4H3;2*5-12,14H,1-2,4H3/t2*15-;17-;2*14-/m00000/s1. The summed E-state index contributed by atoms with van der Waals surface area (Å²) in [6.45, 7) is 59.6. The largest absolute Gasteiger partial charge is 0.456 e. The Morgan fingerprint density at radius 1 is 0.246 bits per heavy atom. The van der Waals surface area contributed by atoms with Gasteiger partial charge in [0.1, 0.15) is 53.2 Å². The van der Waals surface area contributed by atoms with Crippen molar-refractivity contribution in [2.45, 2.75) is 100 Å². The zero-order valence-corrected chi connectivity index (χ0v) is 77.1. The van der Waals surface area contributed by atoms with Gasteiger partial charge >= 0.3 is 0 Å². The van der Waals surface area contributed by atoms with Crippen LogP contribution in [0.25, 0.3) is 123 Å². The van der Waals surface area contributed by atoms with Crippen molar-refractivity contribution in [2.75, 3.05) is 84.2 Å². The maximum Gasteiger partial charge on any atom is 0.227 e. The first-order chi connectivity index (χ1) is 65.1. The molecule has 0 saturated carbocycles. The summed E-state index contributed by atoms with van der Waals surface area (Å²) < 4.78 is 24.6. The van der Waals surface area contributed by atoms with Crippen molar-refractivity contribution in [3.05, 3.63) is 358 Å². The number of benzene rings is 13. The normalized spacial score (nSPS) is 16.1. The van der Waals surface area contributed by atoms with Gasteiger partial charge in [-0.15, -0.1) is 0 Å². The molecule has 0 saturated heterocycles. The van der Waals surface area contributed by atoms with Gasteiger partial charge in [-0.1, -0.05) is 170 Å². The third-order valence-corrected chi connectivity index (χ3v) is 27.5. The summed E-state index contributed by atoms with van der Waals surface area (Å²) in [7, 11) is 10.4. The number of para-hydroxylation sites is 8. The average Bonchev–Trinajstić information content (AvgIpc) is 1.60. The quantitative estimate of drug-likeness (QED) is 0.146. The van der Waals surface area contributed by atoms with Gasteiger partial charge in [-0.3, -0.25) is 0 Å². The number of aromatic nitrogens is 2. The Balaban J connectivity index is 0.000000104. The highest BCUT2D eigenvalue weighted by Crippen LogP contribution is 2.58. The molecule has 5 aliphatic rings. The fraction of sp³-hybridized carbons (Fsp3) is 0.177. The summed E-state index contributed by atoms with van der Waals surface area (Å²) in [4.78, 5) is 50.0. The van der Waals surface area contributed by atoms with Gasteiger partial charge in [-0.2, -0.15) is 0 Å². The molecule has 134 heavy (non-hydrogen) atoms. The Morgan fingerprint density at radius 3 is 1.01 bits per heavy atom. The van der Waals surface area contributed by atoms with E-state index in [1.54, 1.807) is 12.4 Å². The molecule has 656 valence electrons. The van der Waals surface area contributed by atoms with Gasteiger partial charge in [0.25, 0.3) is 0 Å². The van der Waals surface area contributed by atoms with Gasteiger partial charge in [0.15, 0.2) is 11.2 Å². The van der Waals surface area contributed by atoms with Crippen LogP contribution in [0.15, 0.2) is 291 Å². The van der Waals surface area contributed by atoms with Crippen molar-refractivity contribution in [1.82, 2.24) is 9.97 Å². The lowest BCUT2D eigenvalue weighted by molar-refractivity contribution is 0.648. The molecule has 24 rings (SSSR count). The predicted molar refractivity (Wildman–Crippen MR) is 550 cm³/mol. The monoisotopic (exact) mass is 1750 g/mol. The SMILES string of the molecule is [C-]#[N+]c1cccc2c1N(c1c(C)ccc3c1oc1ccccc13)[C@@H](C)N2C.[C-]#[N+]c1cccc2c1N(c1c(C)ccc3c1oc1ncccc13)[C@@H](C)N2C.[C-]#[N+]c1cccc2c1N(c1c(C)cccc1-c1ccccc1)[C@@H](C)N2C.[C-]#[N+]c1cccc2c1N(c1cc3oc4ccccc4c3cc1C)[C@@H](C)N2C.[C-]#[N+]c1cccc2c1N(c1cc3oc4ncccc4c3cc1C)[C@@H](C)N2C. The average molecular weight is 1760 g/mol. The molecule has 0 spiro atoms. The lowest BCUT2D eigenvalue weighted by Crippen LogP contribution is -2.36. The second kappa shape index (κ2) is 33.7. The van der Waals surface area contributed by atoms with Gasteiger partial charge in [0.2, 0.25) is 39.9 Å². The number of aryl methyl sites for hydroxylation is 5. The van der Waals surface area contributed by atoms with Crippen molar-refractivity contribution in [1.29, 1.82) is 0 Å². The van der Waals surface area contributed by atoms with Gasteiger partial charge in [-0.05, 0) is 181 Å². The van der Waals surface area contributed by atoms with Crippen LogP contribution in [0.2, 0.25) is 0 Å². The van der Waals surface area contributed by atoms with E-state index in [2.05, 4.69) is 321 Å². The van der Waals surface area contributed by atoms with Crippen LogP contribution in [0.3, 0.4) is 0 Å².